The molecule has 5 nitrogen and oxygen atoms in total. The van der Waals surface area contributed by atoms with Gasteiger partial charge in [-0.2, -0.15) is 0 Å². The SMILES string of the molecule is CCC1(CC)NC(=O)CN(CC2CCOC2C)C1=O. The summed E-state index contributed by atoms with van der Waals surface area (Å²) in [4.78, 5) is 26.2. The molecule has 0 bridgehead atoms. The fourth-order valence-electron chi connectivity index (χ4n) is 3.08. The van der Waals surface area contributed by atoms with Crippen LogP contribution in [-0.4, -0.2) is 48.1 Å². The molecular weight excluding hydrogens is 244 g/mol. The molecule has 0 aromatic rings. The normalized spacial score (nSPS) is 30.6. The summed E-state index contributed by atoms with van der Waals surface area (Å²) in [5.74, 6) is 0.368. The maximum atomic E-state index is 12.6. The van der Waals surface area contributed by atoms with Gasteiger partial charge in [0.05, 0.1) is 12.6 Å². The van der Waals surface area contributed by atoms with Crippen LogP contribution in [0.3, 0.4) is 0 Å². The van der Waals surface area contributed by atoms with E-state index < -0.39 is 5.54 Å². The second-order valence-electron chi connectivity index (χ2n) is 5.65. The Morgan fingerprint density at radius 2 is 2.05 bits per heavy atom. The van der Waals surface area contributed by atoms with Crippen molar-refractivity contribution in [3.05, 3.63) is 0 Å². The van der Waals surface area contributed by atoms with Crippen molar-refractivity contribution in [1.82, 2.24) is 10.2 Å². The highest BCUT2D eigenvalue weighted by Crippen LogP contribution is 2.26. The van der Waals surface area contributed by atoms with Crippen LogP contribution < -0.4 is 5.32 Å². The van der Waals surface area contributed by atoms with Crippen molar-refractivity contribution < 1.29 is 14.3 Å². The van der Waals surface area contributed by atoms with E-state index in [0.29, 0.717) is 25.3 Å². The van der Waals surface area contributed by atoms with E-state index in [0.717, 1.165) is 13.0 Å². The van der Waals surface area contributed by atoms with E-state index in [9.17, 15) is 9.59 Å². The third kappa shape index (κ3) is 2.61. The zero-order valence-electron chi connectivity index (χ0n) is 12.1. The molecule has 2 saturated heterocycles. The van der Waals surface area contributed by atoms with Crippen LogP contribution in [0.2, 0.25) is 0 Å². The smallest absolute Gasteiger partial charge is 0.248 e. The lowest BCUT2D eigenvalue weighted by atomic mass is 9.88. The molecular formula is C14H24N2O3. The summed E-state index contributed by atoms with van der Waals surface area (Å²) in [5.41, 5.74) is -0.696. The molecule has 0 aromatic carbocycles. The molecule has 108 valence electrons. The number of piperazine rings is 1. The number of amides is 2. The minimum absolute atomic E-state index is 0.0464. The molecule has 0 spiro atoms. The molecule has 5 heteroatoms. The van der Waals surface area contributed by atoms with Crippen LogP contribution in [0.4, 0.5) is 0 Å². The first kappa shape index (κ1) is 14.3. The van der Waals surface area contributed by atoms with E-state index in [-0.39, 0.29) is 24.5 Å². The van der Waals surface area contributed by atoms with Crippen molar-refractivity contribution in [2.75, 3.05) is 19.7 Å². The first-order chi connectivity index (χ1) is 9.02. The lowest BCUT2D eigenvalue weighted by molar-refractivity contribution is -0.151. The number of rotatable bonds is 4. The van der Waals surface area contributed by atoms with E-state index >= 15 is 0 Å². The van der Waals surface area contributed by atoms with E-state index in [1.165, 1.54) is 0 Å². The van der Waals surface area contributed by atoms with Crippen LogP contribution in [0.1, 0.15) is 40.0 Å². The Labute approximate surface area is 114 Å². The van der Waals surface area contributed by atoms with Crippen LogP contribution in [0, 0.1) is 5.92 Å². The molecule has 2 fully saturated rings. The van der Waals surface area contributed by atoms with Gasteiger partial charge in [0.25, 0.3) is 0 Å². The van der Waals surface area contributed by atoms with Crippen molar-refractivity contribution in [3.8, 4) is 0 Å². The summed E-state index contributed by atoms with van der Waals surface area (Å²) in [6, 6.07) is 0. The highest BCUT2D eigenvalue weighted by molar-refractivity contribution is 5.97. The van der Waals surface area contributed by atoms with E-state index in [1.807, 2.05) is 20.8 Å². The van der Waals surface area contributed by atoms with Gasteiger partial charge < -0.3 is 15.0 Å². The molecule has 2 unspecified atom stereocenters. The molecule has 0 aliphatic carbocycles. The van der Waals surface area contributed by atoms with Crippen LogP contribution in [0.25, 0.3) is 0 Å². The average Bonchev–Trinajstić information content (AvgIpc) is 2.79. The van der Waals surface area contributed by atoms with Gasteiger partial charge in [0.15, 0.2) is 0 Å². The van der Waals surface area contributed by atoms with Gasteiger partial charge in [-0.1, -0.05) is 13.8 Å². The van der Waals surface area contributed by atoms with Crippen molar-refractivity contribution in [2.45, 2.75) is 51.7 Å². The van der Waals surface area contributed by atoms with Crippen molar-refractivity contribution in [2.24, 2.45) is 5.92 Å². The second kappa shape index (κ2) is 5.49. The first-order valence-corrected chi connectivity index (χ1v) is 7.24. The molecule has 0 saturated carbocycles. The fourth-order valence-corrected chi connectivity index (χ4v) is 3.08. The lowest BCUT2D eigenvalue weighted by Gasteiger charge is -2.42. The standard InChI is InChI=1S/C14H24N2O3/c1-4-14(5-2)13(18)16(9-12(17)15-14)8-11-6-7-19-10(11)3/h10-11H,4-9H2,1-3H3,(H,15,17). The molecule has 2 atom stereocenters. The van der Waals surface area contributed by atoms with Crippen LogP contribution >= 0.6 is 0 Å². The van der Waals surface area contributed by atoms with Gasteiger partial charge >= 0.3 is 0 Å². The van der Waals surface area contributed by atoms with Crippen molar-refractivity contribution in [3.63, 3.8) is 0 Å². The van der Waals surface area contributed by atoms with Gasteiger partial charge in [0.2, 0.25) is 11.8 Å². The Morgan fingerprint density at radius 3 is 2.58 bits per heavy atom. The minimum Gasteiger partial charge on any atom is -0.378 e. The van der Waals surface area contributed by atoms with Crippen molar-refractivity contribution in [1.29, 1.82) is 0 Å². The Hall–Kier alpha value is -1.10. The molecule has 0 radical (unpaired) electrons. The summed E-state index contributed by atoms with van der Waals surface area (Å²) < 4.78 is 5.54. The van der Waals surface area contributed by atoms with Crippen LogP contribution in [-0.2, 0) is 14.3 Å². The fraction of sp³-hybridized carbons (Fsp3) is 0.857. The highest BCUT2D eigenvalue weighted by atomic mass is 16.5. The molecule has 2 aliphatic rings. The number of carbonyl (C=O) groups is 2. The zero-order valence-corrected chi connectivity index (χ0v) is 12.1. The van der Waals surface area contributed by atoms with Gasteiger partial charge in [-0.15, -0.1) is 0 Å². The number of ether oxygens (including phenoxy) is 1. The third-order valence-electron chi connectivity index (χ3n) is 4.61. The molecule has 19 heavy (non-hydrogen) atoms. The number of nitrogens with one attached hydrogen (secondary N) is 1. The predicted molar refractivity (Wildman–Crippen MR) is 71.6 cm³/mol. The quantitative estimate of drug-likeness (QED) is 0.825. The van der Waals surface area contributed by atoms with Gasteiger partial charge in [0, 0.05) is 19.1 Å². The largest absolute Gasteiger partial charge is 0.378 e. The maximum absolute atomic E-state index is 12.6. The van der Waals surface area contributed by atoms with Crippen LogP contribution in [0.15, 0.2) is 0 Å². The number of hydrogen-bond donors (Lipinski definition) is 1. The number of carbonyl (C=O) groups excluding carboxylic acids is 2. The topological polar surface area (TPSA) is 58.6 Å². The molecule has 0 aromatic heterocycles. The van der Waals surface area contributed by atoms with Gasteiger partial charge in [-0.3, -0.25) is 9.59 Å². The maximum Gasteiger partial charge on any atom is 0.248 e. The third-order valence-corrected chi connectivity index (χ3v) is 4.61. The summed E-state index contributed by atoms with van der Waals surface area (Å²) >= 11 is 0. The average molecular weight is 268 g/mol. The molecule has 1 N–H and O–H groups in total. The monoisotopic (exact) mass is 268 g/mol. The summed E-state index contributed by atoms with van der Waals surface area (Å²) in [6.45, 7) is 7.52. The Kier molecular flexibility index (Phi) is 4.13. The van der Waals surface area contributed by atoms with E-state index in [4.69, 9.17) is 4.74 Å². The van der Waals surface area contributed by atoms with Gasteiger partial charge in [-0.25, -0.2) is 0 Å². The Morgan fingerprint density at radius 1 is 1.37 bits per heavy atom. The first-order valence-electron chi connectivity index (χ1n) is 7.24. The summed E-state index contributed by atoms with van der Waals surface area (Å²) in [6.07, 6.45) is 2.43. The zero-order chi connectivity index (χ0) is 14.0. The minimum atomic E-state index is -0.696. The van der Waals surface area contributed by atoms with Gasteiger partial charge in [0.1, 0.15) is 5.54 Å². The van der Waals surface area contributed by atoms with Crippen LogP contribution in [0.5, 0.6) is 0 Å². The second-order valence-corrected chi connectivity index (χ2v) is 5.65. The van der Waals surface area contributed by atoms with E-state index in [1.54, 1.807) is 4.90 Å². The van der Waals surface area contributed by atoms with E-state index in [2.05, 4.69) is 5.32 Å². The predicted octanol–water partition coefficient (Wildman–Crippen LogP) is 0.929. The highest BCUT2D eigenvalue weighted by Gasteiger charge is 2.44. The molecule has 2 rings (SSSR count). The van der Waals surface area contributed by atoms with Crippen molar-refractivity contribution >= 4 is 11.8 Å². The number of nitrogens with zero attached hydrogens (tertiary/aromatic N) is 1. The molecule has 2 heterocycles. The van der Waals surface area contributed by atoms with Gasteiger partial charge in [-0.05, 0) is 26.2 Å². The summed E-state index contributed by atoms with van der Waals surface area (Å²) in [7, 11) is 0. The Bertz CT molecular complexity index is 366. The number of hydrogen-bond acceptors (Lipinski definition) is 3. The molecule has 2 aliphatic heterocycles. The Balaban J connectivity index is 2.11. The summed E-state index contributed by atoms with van der Waals surface area (Å²) in [5, 5.41) is 2.88. The molecule has 2 amide bonds. The lowest BCUT2D eigenvalue weighted by Crippen LogP contribution is -2.66.